The molecule has 3 aromatic rings. The molecule has 1 unspecified atom stereocenters. The van der Waals surface area contributed by atoms with Crippen molar-refractivity contribution in [2.75, 3.05) is 26.2 Å². The first-order valence-electron chi connectivity index (χ1n) is 12.3. The fraction of sp³-hybridized carbons (Fsp3) is 0.333. The van der Waals surface area contributed by atoms with Crippen molar-refractivity contribution >= 4 is 17.7 Å². The Labute approximate surface area is 208 Å². The lowest BCUT2D eigenvalue weighted by molar-refractivity contribution is -0.138. The average molecular weight is 486 g/mol. The van der Waals surface area contributed by atoms with Crippen LogP contribution in [0.4, 0.5) is 0 Å². The topological polar surface area (TPSA) is 96.8 Å². The molecule has 6 rings (SSSR count). The van der Waals surface area contributed by atoms with Gasteiger partial charge in [0.2, 0.25) is 5.91 Å². The molecular formula is C27H27N5O4. The van der Waals surface area contributed by atoms with Crippen molar-refractivity contribution in [2.24, 2.45) is 0 Å². The van der Waals surface area contributed by atoms with Gasteiger partial charge in [-0.2, -0.15) is 5.10 Å². The van der Waals surface area contributed by atoms with Crippen LogP contribution in [0.1, 0.15) is 32.9 Å². The fourth-order valence-corrected chi connectivity index (χ4v) is 5.22. The van der Waals surface area contributed by atoms with Crippen LogP contribution in [0.5, 0.6) is 5.75 Å². The number of piperazine rings is 1. The SMILES string of the molecule is O=C1CN(C(=O)c2nn(Cc3ccccc3)c3c2CN(C(=O)C2Cc4ccccc4O2)CC3)CCN1. The van der Waals surface area contributed by atoms with Crippen LogP contribution >= 0.6 is 0 Å². The lowest BCUT2D eigenvalue weighted by atomic mass is 10.0. The van der Waals surface area contributed by atoms with Crippen molar-refractivity contribution in [2.45, 2.75) is 32.0 Å². The zero-order chi connectivity index (χ0) is 24.6. The fourth-order valence-electron chi connectivity index (χ4n) is 5.22. The number of nitrogens with one attached hydrogen (secondary N) is 1. The van der Waals surface area contributed by atoms with Crippen LogP contribution in [0, 0.1) is 0 Å². The quantitative estimate of drug-likeness (QED) is 0.603. The summed E-state index contributed by atoms with van der Waals surface area (Å²) in [5.74, 6) is 0.223. The van der Waals surface area contributed by atoms with Gasteiger partial charge in [-0.3, -0.25) is 19.1 Å². The molecule has 1 aromatic heterocycles. The Morgan fingerprint density at radius 2 is 1.81 bits per heavy atom. The zero-order valence-corrected chi connectivity index (χ0v) is 19.9. The zero-order valence-electron chi connectivity index (χ0n) is 19.9. The number of aromatic nitrogens is 2. The van der Waals surface area contributed by atoms with Crippen LogP contribution in [-0.2, 0) is 35.5 Å². The molecule has 1 fully saturated rings. The Morgan fingerprint density at radius 1 is 1.00 bits per heavy atom. The second-order valence-corrected chi connectivity index (χ2v) is 9.42. The highest BCUT2D eigenvalue weighted by atomic mass is 16.5. The van der Waals surface area contributed by atoms with Crippen LogP contribution < -0.4 is 10.1 Å². The van der Waals surface area contributed by atoms with E-state index in [4.69, 9.17) is 9.84 Å². The van der Waals surface area contributed by atoms with Gasteiger partial charge < -0.3 is 19.9 Å². The lowest BCUT2D eigenvalue weighted by Crippen LogP contribution is -2.50. The predicted molar refractivity (Wildman–Crippen MR) is 130 cm³/mol. The molecule has 1 atom stereocenters. The van der Waals surface area contributed by atoms with Gasteiger partial charge in [-0.05, 0) is 17.2 Å². The molecular weight excluding hydrogens is 458 g/mol. The molecule has 0 radical (unpaired) electrons. The largest absolute Gasteiger partial charge is 0.480 e. The number of rotatable bonds is 4. The molecule has 1 N–H and O–H groups in total. The van der Waals surface area contributed by atoms with Gasteiger partial charge in [0, 0.05) is 50.3 Å². The molecule has 0 bridgehead atoms. The molecule has 9 nitrogen and oxygen atoms in total. The number of hydrogen-bond acceptors (Lipinski definition) is 5. The van der Waals surface area contributed by atoms with Gasteiger partial charge in [0.25, 0.3) is 11.8 Å². The number of amides is 3. The maximum atomic E-state index is 13.5. The Morgan fingerprint density at radius 3 is 2.61 bits per heavy atom. The van der Waals surface area contributed by atoms with Crippen LogP contribution in [0.25, 0.3) is 0 Å². The standard InChI is InChI=1S/C27H27N5O4/c33-24-17-31(13-11-28-24)27(35)25-20-16-30(26(34)23-14-19-8-4-5-9-22(19)36-23)12-10-21(20)32(29-25)15-18-6-2-1-3-7-18/h1-9,23H,10-17H2,(H,28,33). The third kappa shape index (κ3) is 4.10. The lowest BCUT2D eigenvalue weighted by Gasteiger charge is -2.30. The molecule has 2 aromatic carbocycles. The number of nitrogens with zero attached hydrogens (tertiary/aromatic N) is 4. The first kappa shape index (κ1) is 22.3. The molecule has 184 valence electrons. The predicted octanol–water partition coefficient (Wildman–Crippen LogP) is 1.39. The van der Waals surface area contributed by atoms with E-state index in [1.165, 1.54) is 4.90 Å². The van der Waals surface area contributed by atoms with E-state index in [1.807, 2.05) is 59.3 Å². The number of carbonyl (C=O) groups is 3. The normalized spacial score (nSPS) is 18.8. The van der Waals surface area contributed by atoms with E-state index in [-0.39, 0.29) is 24.3 Å². The van der Waals surface area contributed by atoms with Gasteiger partial charge in [-0.1, -0.05) is 48.5 Å². The molecule has 1 saturated heterocycles. The van der Waals surface area contributed by atoms with Gasteiger partial charge in [0.15, 0.2) is 11.8 Å². The van der Waals surface area contributed by atoms with E-state index >= 15 is 0 Å². The van der Waals surface area contributed by atoms with E-state index < -0.39 is 6.10 Å². The van der Waals surface area contributed by atoms with E-state index in [1.54, 1.807) is 4.90 Å². The molecule has 36 heavy (non-hydrogen) atoms. The summed E-state index contributed by atoms with van der Waals surface area (Å²) in [6, 6.07) is 17.7. The first-order valence-corrected chi connectivity index (χ1v) is 12.3. The maximum Gasteiger partial charge on any atom is 0.275 e. The van der Waals surface area contributed by atoms with Crippen LogP contribution in [-0.4, -0.2) is 69.6 Å². The van der Waals surface area contributed by atoms with Gasteiger partial charge >= 0.3 is 0 Å². The Hall–Kier alpha value is -4.14. The third-order valence-electron chi connectivity index (χ3n) is 7.07. The minimum Gasteiger partial charge on any atom is -0.480 e. The minimum atomic E-state index is -0.562. The summed E-state index contributed by atoms with van der Waals surface area (Å²) in [6.07, 6.45) is 0.572. The molecule has 9 heteroatoms. The Bertz CT molecular complexity index is 1310. The Kier molecular flexibility index (Phi) is 5.67. The minimum absolute atomic E-state index is 0.00989. The van der Waals surface area contributed by atoms with Gasteiger partial charge in [0.1, 0.15) is 5.75 Å². The summed E-state index contributed by atoms with van der Waals surface area (Å²) in [4.78, 5) is 42.2. The second-order valence-electron chi connectivity index (χ2n) is 9.42. The van der Waals surface area contributed by atoms with Gasteiger partial charge in [-0.15, -0.1) is 0 Å². The molecule has 0 aliphatic carbocycles. The second kappa shape index (κ2) is 9.14. The van der Waals surface area contributed by atoms with Crippen molar-refractivity contribution in [1.82, 2.24) is 24.9 Å². The summed E-state index contributed by atoms with van der Waals surface area (Å²) in [6.45, 7) is 2.22. The van der Waals surface area contributed by atoms with Gasteiger partial charge in [0.05, 0.1) is 13.1 Å². The highest BCUT2D eigenvalue weighted by Crippen LogP contribution is 2.31. The molecule has 3 aliphatic rings. The number of para-hydroxylation sites is 1. The smallest absolute Gasteiger partial charge is 0.275 e. The number of fused-ring (bicyclic) bond motifs is 2. The van der Waals surface area contributed by atoms with E-state index in [0.29, 0.717) is 51.3 Å². The Balaban J connectivity index is 1.28. The number of benzene rings is 2. The van der Waals surface area contributed by atoms with Crippen molar-refractivity contribution in [3.05, 3.63) is 82.7 Å². The van der Waals surface area contributed by atoms with Crippen molar-refractivity contribution < 1.29 is 19.1 Å². The monoisotopic (exact) mass is 485 g/mol. The highest BCUT2D eigenvalue weighted by molar-refractivity contribution is 5.97. The number of carbonyl (C=O) groups excluding carboxylic acids is 3. The summed E-state index contributed by atoms with van der Waals surface area (Å²) in [5, 5.41) is 7.49. The van der Waals surface area contributed by atoms with Crippen molar-refractivity contribution in [3.63, 3.8) is 0 Å². The summed E-state index contributed by atoms with van der Waals surface area (Å²) in [7, 11) is 0. The first-order chi connectivity index (χ1) is 17.6. The van der Waals surface area contributed by atoms with Gasteiger partial charge in [-0.25, -0.2) is 0 Å². The molecule has 0 saturated carbocycles. The summed E-state index contributed by atoms with van der Waals surface area (Å²) < 4.78 is 7.83. The van der Waals surface area contributed by atoms with Crippen LogP contribution in [0.3, 0.4) is 0 Å². The summed E-state index contributed by atoms with van der Waals surface area (Å²) >= 11 is 0. The van der Waals surface area contributed by atoms with Crippen LogP contribution in [0.15, 0.2) is 54.6 Å². The maximum absolute atomic E-state index is 13.5. The van der Waals surface area contributed by atoms with Crippen molar-refractivity contribution in [1.29, 1.82) is 0 Å². The summed E-state index contributed by atoms with van der Waals surface area (Å²) in [5.41, 5.74) is 4.15. The van der Waals surface area contributed by atoms with Crippen LogP contribution in [0.2, 0.25) is 0 Å². The molecule has 0 spiro atoms. The highest BCUT2D eigenvalue weighted by Gasteiger charge is 2.37. The van der Waals surface area contributed by atoms with E-state index in [0.717, 1.165) is 28.1 Å². The van der Waals surface area contributed by atoms with E-state index in [2.05, 4.69) is 5.32 Å². The molecule has 3 aliphatic heterocycles. The average Bonchev–Trinajstić information content (AvgIpc) is 3.50. The molecule has 3 amide bonds. The number of ether oxygens (including phenoxy) is 1. The molecule has 4 heterocycles. The van der Waals surface area contributed by atoms with Crippen molar-refractivity contribution in [3.8, 4) is 5.75 Å². The number of hydrogen-bond donors (Lipinski definition) is 1. The third-order valence-corrected chi connectivity index (χ3v) is 7.07. The van der Waals surface area contributed by atoms with E-state index in [9.17, 15) is 14.4 Å².